The minimum atomic E-state index is -0.978. The van der Waals surface area contributed by atoms with Gasteiger partial charge in [0.15, 0.2) is 6.10 Å². The average Bonchev–Trinajstić information content (AvgIpc) is 2.66. The van der Waals surface area contributed by atoms with E-state index in [1.54, 1.807) is 50.4 Å². The predicted molar refractivity (Wildman–Crippen MR) is 96.6 cm³/mol. The lowest BCUT2D eigenvalue weighted by atomic mass is 10.1. The molecule has 0 saturated heterocycles. The number of aliphatic carboxylic acids is 1. The highest BCUT2D eigenvalue weighted by Gasteiger charge is 2.18. The van der Waals surface area contributed by atoms with Crippen LogP contribution in [0.15, 0.2) is 48.5 Å². The zero-order valence-corrected chi connectivity index (χ0v) is 14.9. The number of ether oxygens (including phenoxy) is 3. The molecule has 0 aromatic heterocycles. The SMILES string of the molecule is CCO[C@H](Cc1ccc(OCC(O)c2cccc(OC)c2)cc1)C(=O)O. The summed E-state index contributed by atoms with van der Waals surface area (Å²) >= 11 is 0. The third-order valence-corrected chi connectivity index (χ3v) is 3.87. The van der Waals surface area contributed by atoms with Gasteiger partial charge < -0.3 is 24.4 Å². The van der Waals surface area contributed by atoms with E-state index in [0.717, 1.165) is 5.56 Å². The first-order valence-electron chi connectivity index (χ1n) is 8.41. The van der Waals surface area contributed by atoms with Gasteiger partial charge in [0, 0.05) is 13.0 Å². The van der Waals surface area contributed by atoms with Crippen molar-refractivity contribution in [3.63, 3.8) is 0 Å². The second-order valence-corrected chi connectivity index (χ2v) is 5.73. The van der Waals surface area contributed by atoms with E-state index in [2.05, 4.69) is 0 Å². The molecule has 2 atom stereocenters. The van der Waals surface area contributed by atoms with Crippen LogP contribution in [-0.4, -0.2) is 42.6 Å². The molecule has 0 fully saturated rings. The highest BCUT2D eigenvalue weighted by atomic mass is 16.5. The molecule has 140 valence electrons. The molecule has 6 nitrogen and oxygen atoms in total. The van der Waals surface area contributed by atoms with Crippen molar-refractivity contribution in [2.45, 2.75) is 25.6 Å². The van der Waals surface area contributed by atoms with Crippen LogP contribution in [0, 0.1) is 0 Å². The molecule has 0 aliphatic carbocycles. The highest BCUT2D eigenvalue weighted by Crippen LogP contribution is 2.21. The van der Waals surface area contributed by atoms with E-state index in [1.807, 2.05) is 12.1 Å². The van der Waals surface area contributed by atoms with Crippen molar-refractivity contribution < 1.29 is 29.2 Å². The molecular formula is C20H24O6. The minimum absolute atomic E-state index is 0.100. The van der Waals surface area contributed by atoms with Crippen molar-refractivity contribution >= 4 is 5.97 Å². The molecule has 0 aliphatic rings. The third-order valence-electron chi connectivity index (χ3n) is 3.87. The minimum Gasteiger partial charge on any atom is -0.497 e. The maximum absolute atomic E-state index is 11.1. The Kier molecular flexibility index (Phi) is 7.44. The summed E-state index contributed by atoms with van der Waals surface area (Å²) in [5, 5.41) is 19.4. The molecular weight excluding hydrogens is 336 g/mol. The van der Waals surface area contributed by atoms with Gasteiger partial charge in [0.25, 0.3) is 0 Å². The summed E-state index contributed by atoms with van der Waals surface area (Å²) in [6, 6.07) is 14.3. The van der Waals surface area contributed by atoms with Crippen LogP contribution in [0.4, 0.5) is 0 Å². The Morgan fingerprint density at radius 1 is 1.12 bits per heavy atom. The molecule has 0 saturated carbocycles. The van der Waals surface area contributed by atoms with Gasteiger partial charge in [0.2, 0.25) is 0 Å². The second kappa shape index (κ2) is 9.79. The Morgan fingerprint density at radius 2 is 1.85 bits per heavy atom. The Bertz CT molecular complexity index is 698. The Balaban J connectivity index is 1.91. The topological polar surface area (TPSA) is 85.2 Å². The number of rotatable bonds is 10. The summed E-state index contributed by atoms with van der Waals surface area (Å²) in [7, 11) is 1.57. The van der Waals surface area contributed by atoms with Crippen molar-refractivity contribution in [1.82, 2.24) is 0 Å². The van der Waals surface area contributed by atoms with Crippen LogP contribution in [0.2, 0.25) is 0 Å². The van der Waals surface area contributed by atoms with Gasteiger partial charge in [-0.25, -0.2) is 4.79 Å². The summed E-state index contributed by atoms with van der Waals surface area (Å²) in [6.07, 6.45) is -1.35. The van der Waals surface area contributed by atoms with Gasteiger partial charge in [-0.15, -0.1) is 0 Å². The van der Waals surface area contributed by atoms with E-state index >= 15 is 0 Å². The fourth-order valence-corrected chi connectivity index (χ4v) is 2.47. The molecule has 1 unspecified atom stereocenters. The number of methoxy groups -OCH3 is 1. The molecule has 26 heavy (non-hydrogen) atoms. The first-order chi connectivity index (χ1) is 12.5. The number of hydrogen-bond donors (Lipinski definition) is 2. The molecule has 6 heteroatoms. The smallest absolute Gasteiger partial charge is 0.333 e. The first-order valence-corrected chi connectivity index (χ1v) is 8.41. The normalized spacial score (nSPS) is 13.0. The molecule has 2 aromatic rings. The van der Waals surface area contributed by atoms with Crippen molar-refractivity contribution in [3.05, 3.63) is 59.7 Å². The fraction of sp³-hybridized carbons (Fsp3) is 0.350. The number of carboxylic acids is 1. The van der Waals surface area contributed by atoms with E-state index in [0.29, 0.717) is 23.7 Å². The quantitative estimate of drug-likeness (QED) is 0.678. The number of aliphatic hydroxyl groups excluding tert-OH is 1. The molecule has 0 radical (unpaired) electrons. The molecule has 0 heterocycles. The predicted octanol–water partition coefficient (Wildman–Crippen LogP) is 2.84. The number of hydrogen-bond acceptors (Lipinski definition) is 5. The van der Waals surface area contributed by atoms with Gasteiger partial charge in [-0.05, 0) is 42.3 Å². The number of aliphatic hydroxyl groups is 1. The van der Waals surface area contributed by atoms with Crippen molar-refractivity contribution in [2.75, 3.05) is 20.3 Å². The lowest BCUT2D eigenvalue weighted by molar-refractivity contribution is -0.149. The molecule has 0 bridgehead atoms. The first kappa shape index (κ1) is 19.8. The summed E-state index contributed by atoms with van der Waals surface area (Å²) in [4.78, 5) is 11.1. The molecule has 0 amide bonds. The largest absolute Gasteiger partial charge is 0.497 e. The monoisotopic (exact) mass is 360 g/mol. The number of benzene rings is 2. The lowest BCUT2D eigenvalue weighted by Gasteiger charge is -2.15. The average molecular weight is 360 g/mol. The highest BCUT2D eigenvalue weighted by molar-refractivity contribution is 5.72. The summed E-state index contributed by atoms with van der Waals surface area (Å²) in [5.74, 6) is 0.292. The molecule has 0 aliphatic heterocycles. The van der Waals surface area contributed by atoms with Gasteiger partial charge >= 0.3 is 5.97 Å². The Hall–Kier alpha value is -2.57. The van der Waals surface area contributed by atoms with Gasteiger partial charge in [-0.1, -0.05) is 24.3 Å². The van der Waals surface area contributed by atoms with Crippen molar-refractivity contribution in [1.29, 1.82) is 0 Å². The van der Waals surface area contributed by atoms with Crippen LogP contribution in [0.25, 0.3) is 0 Å². The summed E-state index contributed by atoms with van der Waals surface area (Å²) < 4.78 is 16.0. The fourth-order valence-electron chi connectivity index (χ4n) is 2.47. The summed E-state index contributed by atoms with van der Waals surface area (Å²) in [5.41, 5.74) is 1.55. The van der Waals surface area contributed by atoms with E-state index < -0.39 is 18.2 Å². The second-order valence-electron chi connectivity index (χ2n) is 5.73. The summed E-state index contributed by atoms with van der Waals surface area (Å²) in [6.45, 7) is 2.21. The van der Waals surface area contributed by atoms with Gasteiger partial charge in [0.05, 0.1) is 7.11 Å². The molecule has 2 N–H and O–H groups in total. The van der Waals surface area contributed by atoms with E-state index in [1.165, 1.54) is 0 Å². The standard InChI is InChI=1S/C20H24O6/c1-3-25-19(20(22)23)11-14-7-9-16(10-8-14)26-13-18(21)15-5-4-6-17(12-15)24-2/h4-10,12,18-19,21H,3,11,13H2,1-2H3,(H,22,23)/t18?,19-/m1/s1. The lowest BCUT2D eigenvalue weighted by Crippen LogP contribution is -2.26. The molecule has 2 rings (SSSR count). The maximum atomic E-state index is 11.1. The van der Waals surface area contributed by atoms with Crippen LogP contribution in [0.5, 0.6) is 11.5 Å². The van der Waals surface area contributed by atoms with Crippen LogP contribution < -0.4 is 9.47 Å². The van der Waals surface area contributed by atoms with Crippen molar-refractivity contribution in [3.8, 4) is 11.5 Å². The Morgan fingerprint density at radius 3 is 2.46 bits per heavy atom. The van der Waals surface area contributed by atoms with E-state index in [9.17, 15) is 9.90 Å². The van der Waals surface area contributed by atoms with Crippen LogP contribution in [-0.2, 0) is 16.0 Å². The van der Waals surface area contributed by atoms with Crippen LogP contribution >= 0.6 is 0 Å². The number of carboxylic acid groups (broad SMARTS) is 1. The van der Waals surface area contributed by atoms with Gasteiger partial charge in [-0.2, -0.15) is 0 Å². The zero-order valence-electron chi connectivity index (χ0n) is 14.9. The van der Waals surface area contributed by atoms with Gasteiger partial charge in [0.1, 0.15) is 24.2 Å². The molecule has 0 spiro atoms. The molecule has 2 aromatic carbocycles. The van der Waals surface area contributed by atoms with Gasteiger partial charge in [-0.3, -0.25) is 0 Å². The maximum Gasteiger partial charge on any atom is 0.333 e. The Labute approximate surface area is 152 Å². The van der Waals surface area contributed by atoms with Crippen LogP contribution in [0.3, 0.4) is 0 Å². The van der Waals surface area contributed by atoms with E-state index in [4.69, 9.17) is 19.3 Å². The van der Waals surface area contributed by atoms with Crippen LogP contribution in [0.1, 0.15) is 24.2 Å². The third kappa shape index (κ3) is 5.75. The number of carbonyl (C=O) groups is 1. The van der Waals surface area contributed by atoms with Crippen molar-refractivity contribution in [2.24, 2.45) is 0 Å². The zero-order chi connectivity index (χ0) is 18.9. The van der Waals surface area contributed by atoms with E-state index in [-0.39, 0.29) is 13.0 Å².